The number of anilines is 1. The fraction of sp³-hybridized carbons (Fsp3) is 0.474. The van der Waals surface area contributed by atoms with Crippen LogP contribution in [-0.4, -0.2) is 37.1 Å². The van der Waals surface area contributed by atoms with E-state index in [2.05, 4.69) is 75.1 Å². The maximum Gasteiger partial charge on any atom is 0.191 e. The summed E-state index contributed by atoms with van der Waals surface area (Å²) in [6.45, 7) is 7.13. The Morgan fingerprint density at radius 3 is 2.77 bits per heavy atom. The molecule has 1 unspecified atom stereocenters. The molecule has 2 aromatic rings. The largest absolute Gasteiger partial charge is 0.369 e. The topological polar surface area (TPSA) is 52.6 Å². The van der Waals surface area contributed by atoms with Crippen molar-refractivity contribution in [2.75, 3.05) is 25.0 Å². The number of hydrogen-bond donors (Lipinski definition) is 2. The molecule has 1 aromatic heterocycles. The van der Waals surface area contributed by atoms with Gasteiger partial charge >= 0.3 is 0 Å². The monoisotopic (exact) mass is 485 g/mol. The van der Waals surface area contributed by atoms with Crippen LogP contribution in [0.3, 0.4) is 0 Å². The van der Waals surface area contributed by atoms with Crippen molar-refractivity contribution in [3.63, 3.8) is 0 Å². The highest BCUT2D eigenvalue weighted by atomic mass is 127. The third kappa shape index (κ3) is 5.57. The van der Waals surface area contributed by atoms with Crippen LogP contribution < -0.4 is 15.5 Å². The Hall–Kier alpha value is -1.35. The molecule has 5 nitrogen and oxygen atoms in total. The number of nitrogens with one attached hydrogen (secondary N) is 2. The first-order chi connectivity index (χ1) is 12.2. The zero-order chi connectivity index (χ0) is 17.6. The molecule has 3 rings (SSSR count). The van der Waals surface area contributed by atoms with E-state index >= 15 is 0 Å². The van der Waals surface area contributed by atoms with Gasteiger partial charge in [0.05, 0.1) is 17.2 Å². The average molecular weight is 485 g/mol. The molecule has 1 aromatic carbocycles. The van der Waals surface area contributed by atoms with E-state index in [1.54, 1.807) is 11.3 Å². The number of hydrogen-bond acceptors (Lipinski definition) is 4. The Bertz CT molecular complexity index is 701. The van der Waals surface area contributed by atoms with Crippen LogP contribution in [0.1, 0.15) is 36.9 Å². The predicted octanol–water partition coefficient (Wildman–Crippen LogP) is 3.83. The van der Waals surface area contributed by atoms with Crippen LogP contribution in [0.2, 0.25) is 0 Å². The summed E-state index contributed by atoms with van der Waals surface area (Å²) in [7, 11) is 1.82. The van der Waals surface area contributed by atoms with Gasteiger partial charge in [-0.2, -0.15) is 0 Å². The van der Waals surface area contributed by atoms with E-state index in [1.807, 2.05) is 7.05 Å². The minimum absolute atomic E-state index is 0. The highest BCUT2D eigenvalue weighted by Crippen LogP contribution is 2.20. The Kier molecular flexibility index (Phi) is 8.15. The van der Waals surface area contributed by atoms with Crippen LogP contribution >= 0.6 is 35.3 Å². The first kappa shape index (κ1) is 21.0. The molecule has 2 N–H and O–H groups in total. The van der Waals surface area contributed by atoms with Gasteiger partial charge in [0.15, 0.2) is 5.96 Å². The average Bonchev–Trinajstić information content (AvgIpc) is 3.29. The molecule has 7 heteroatoms. The summed E-state index contributed by atoms with van der Waals surface area (Å²) in [6.07, 6.45) is 1.11. The van der Waals surface area contributed by atoms with Crippen molar-refractivity contribution in [2.24, 2.45) is 4.99 Å². The highest BCUT2D eigenvalue weighted by Gasteiger charge is 2.23. The summed E-state index contributed by atoms with van der Waals surface area (Å²) < 4.78 is 0. The van der Waals surface area contributed by atoms with Gasteiger partial charge in [-0.3, -0.25) is 4.99 Å². The Labute approximate surface area is 177 Å². The van der Waals surface area contributed by atoms with Crippen LogP contribution in [0.25, 0.3) is 0 Å². The molecule has 0 bridgehead atoms. The van der Waals surface area contributed by atoms with Crippen LogP contribution in [0, 0.1) is 0 Å². The van der Waals surface area contributed by atoms with Gasteiger partial charge in [0.1, 0.15) is 0 Å². The van der Waals surface area contributed by atoms with Gasteiger partial charge in [-0.1, -0.05) is 32.0 Å². The van der Waals surface area contributed by atoms with E-state index in [-0.39, 0.29) is 24.0 Å². The lowest BCUT2D eigenvalue weighted by atomic mass is 10.2. The zero-order valence-corrected chi connectivity index (χ0v) is 18.8. The summed E-state index contributed by atoms with van der Waals surface area (Å²) in [6, 6.07) is 11.0. The van der Waals surface area contributed by atoms with Crippen molar-refractivity contribution in [3.8, 4) is 0 Å². The van der Waals surface area contributed by atoms with Crippen molar-refractivity contribution < 1.29 is 0 Å². The highest BCUT2D eigenvalue weighted by molar-refractivity contribution is 14.0. The molecule has 1 fully saturated rings. The van der Waals surface area contributed by atoms with E-state index in [9.17, 15) is 0 Å². The molecule has 0 saturated carbocycles. The van der Waals surface area contributed by atoms with Gasteiger partial charge in [0, 0.05) is 43.2 Å². The lowest BCUT2D eigenvalue weighted by Crippen LogP contribution is -2.44. The molecular weight excluding hydrogens is 457 g/mol. The molecule has 0 spiro atoms. The third-order valence-electron chi connectivity index (χ3n) is 4.37. The second-order valence-electron chi connectivity index (χ2n) is 6.67. The normalized spacial score (nSPS) is 17.3. The van der Waals surface area contributed by atoms with Gasteiger partial charge in [-0.15, -0.1) is 35.3 Å². The van der Waals surface area contributed by atoms with E-state index in [0.717, 1.165) is 31.2 Å². The van der Waals surface area contributed by atoms with E-state index in [1.165, 1.54) is 10.7 Å². The maximum absolute atomic E-state index is 4.66. The van der Waals surface area contributed by atoms with E-state index in [4.69, 9.17) is 0 Å². The quantitative estimate of drug-likeness (QED) is 0.384. The Morgan fingerprint density at radius 2 is 2.12 bits per heavy atom. The predicted molar refractivity (Wildman–Crippen MR) is 122 cm³/mol. The van der Waals surface area contributed by atoms with Crippen molar-refractivity contribution >= 4 is 47.0 Å². The van der Waals surface area contributed by atoms with Gasteiger partial charge in [-0.05, 0) is 18.6 Å². The van der Waals surface area contributed by atoms with E-state index in [0.29, 0.717) is 18.5 Å². The van der Waals surface area contributed by atoms with Gasteiger partial charge < -0.3 is 15.5 Å². The second kappa shape index (κ2) is 10.1. The van der Waals surface area contributed by atoms with Crippen molar-refractivity contribution in [2.45, 2.75) is 38.8 Å². The maximum atomic E-state index is 4.66. The van der Waals surface area contributed by atoms with Crippen LogP contribution in [-0.2, 0) is 6.54 Å². The van der Waals surface area contributed by atoms with Crippen molar-refractivity contribution in [3.05, 3.63) is 46.4 Å². The first-order valence-electron chi connectivity index (χ1n) is 8.87. The second-order valence-corrected chi connectivity index (χ2v) is 7.56. The minimum Gasteiger partial charge on any atom is -0.369 e. The molecule has 2 heterocycles. The number of aliphatic imine (C=N–C) groups is 1. The molecule has 0 radical (unpaired) electrons. The van der Waals surface area contributed by atoms with Gasteiger partial charge in [0.25, 0.3) is 0 Å². The molecule has 1 saturated heterocycles. The Balaban J connectivity index is 0.00000243. The van der Waals surface area contributed by atoms with Crippen LogP contribution in [0.4, 0.5) is 5.69 Å². The minimum atomic E-state index is 0. The van der Waals surface area contributed by atoms with Crippen molar-refractivity contribution in [1.82, 2.24) is 15.6 Å². The van der Waals surface area contributed by atoms with Gasteiger partial charge in [0.2, 0.25) is 0 Å². The number of guanidine groups is 1. The fourth-order valence-corrected chi connectivity index (χ4v) is 3.82. The molecule has 0 aliphatic carbocycles. The van der Waals surface area contributed by atoms with E-state index < -0.39 is 0 Å². The number of benzene rings is 1. The molecule has 142 valence electrons. The summed E-state index contributed by atoms with van der Waals surface area (Å²) in [4.78, 5) is 11.4. The standard InChI is InChI=1S/C19H27N5S.HI/c1-14(2)18-22-16(13-25-18)11-21-19(20-3)23-15-9-10-24(12-15)17-7-5-4-6-8-17;/h4-8,13-15H,9-12H2,1-3H3,(H2,20,21,23);1H. The van der Waals surface area contributed by atoms with Crippen LogP contribution in [0.5, 0.6) is 0 Å². The fourth-order valence-electron chi connectivity index (χ4n) is 2.98. The number of aromatic nitrogens is 1. The summed E-state index contributed by atoms with van der Waals surface area (Å²) in [5.41, 5.74) is 2.37. The lowest BCUT2D eigenvalue weighted by Gasteiger charge is -2.20. The smallest absolute Gasteiger partial charge is 0.191 e. The summed E-state index contributed by atoms with van der Waals surface area (Å²) >= 11 is 1.73. The number of nitrogens with zero attached hydrogens (tertiary/aromatic N) is 3. The molecule has 0 amide bonds. The number of halogens is 1. The molecule has 26 heavy (non-hydrogen) atoms. The molecule has 1 aliphatic rings. The number of rotatable bonds is 5. The SMILES string of the molecule is CN=C(NCc1csc(C(C)C)n1)NC1CCN(c2ccccc2)C1.I. The summed E-state index contributed by atoms with van der Waals surface area (Å²) in [5, 5.41) is 10.2. The zero-order valence-electron chi connectivity index (χ0n) is 15.6. The molecule has 1 aliphatic heterocycles. The molecule has 1 atom stereocenters. The Morgan fingerprint density at radius 1 is 1.35 bits per heavy atom. The van der Waals surface area contributed by atoms with Crippen LogP contribution in [0.15, 0.2) is 40.7 Å². The molecular formula is C19H28IN5S. The number of thiazole rings is 1. The number of para-hydroxylation sites is 1. The lowest BCUT2D eigenvalue weighted by molar-refractivity contribution is 0.647. The van der Waals surface area contributed by atoms with Crippen molar-refractivity contribution in [1.29, 1.82) is 0 Å². The first-order valence-corrected chi connectivity index (χ1v) is 9.75. The summed E-state index contributed by atoms with van der Waals surface area (Å²) in [5.74, 6) is 1.33. The third-order valence-corrected chi connectivity index (χ3v) is 5.57. The van der Waals surface area contributed by atoms with Gasteiger partial charge in [-0.25, -0.2) is 4.98 Å².